The molecule has 0 aliphatic carbocycles. The van der Waals surface area contributed by atoms with Gasteiger partial charge in [0.25, 0.3) is 0 Å². The molecular weight excluding hydrogens is 218 g/mol. The molecule has 0 bridgehead atoms. The molecule has 0 saturated carbocycles. The van der Waals surface area contributed by atoms with Gasteiger partial charge < -0.3 is 10.7 Å². The summed E-state index contributed by atoms with van der Waals surface area (Å²) in [7, 11) is 0. The van der Waals surface area contributed by atoms with Crippen LogP contribution in [0.3, 0.4) is 0 Å². The van der Waals surface area contributed by atoms with Crippen molar-refractivity contribution in [1.29, 1.82) is 0 Å². The number of para-hydroxylation sites is 1. The molecule has 0 amide bonds. The lowest BCUT2D eigenvalue weighted by Gasteiger charge is -1.94. The number of anilines is 1. The van der Waals surface area contributed by atoms with Crippen LogP contribution in [0.1, 0.15) is 5.56 Å². The van der Waals surface area contributed by atoms with Crippen LogP contribution in [0.5, 0.6) is 0 Å². The summed E-state index contributed by atoms with van der Waals surface area (Å²) >= 11 is 3.39. The number of aromatic amines is 1. The van der Waals surface area contributed by atoms with Gasteiger partial charge in [-0.2, -0.15) is 0 Å². The predicted molar refractivity (Wildman–Crippen MR) is 53.1 cm³/mol. The molecule has 0 spiro atoms. The van der Waals surface area contributed by atoms with Crippen molar-refractivity contribution in [2.24, 2.45) is 0 Å². The normalized spacial score (nSPS) is 10.8. The predicted octanol–water partition coefficient (Wildman–Crippen LogP) is 2.04. The maximum absolute atomic E-state index is 5.53. The van der Waals surface area contributed by atoms with Gasteiger partial charge in [-0.15, -0.1) is 0 Å². The number of imidazole rings is 1. The van der Waals surface area contributed by atoms with Crippen LogP contribution in [-0.4, -0.2) is 9.97 Å². The van der Waals surface area contributed by atoms with Crippen LogP contribution < -0.4 is 5.73 Å². The second-order valence-electron chi connectivity index (χ2n) is 2.57. The lowest BCUT2D eigenvalue weighted by molar-refractivity contribution is 1.34. The highest BCUT2D eigenvalue weighted by Crippen LogP contribution is 2.18. The van der Waals surface area contributed by atoms with E-state index in [0.29, 0.717) is 5.95 Å². The first kappa shape index (κ1) is 7.61. The molecule has 1 heterocycles. The van der Waals surface area contributed by atoms with Gasteiger partial charge in [-0.1, -0.05) is 28.1 Å². The molecule has 1 aromatic carbocycles. The van der Waals surface area contributed by atoms with Crippen molar-refractivity contribution in [2.75, 3.05) is 5.73 Å². The highest BCUT2D eigenvalue weighted by Gasteiger charge is 2.02. The van der Waals surface area contributed by atoms with E-state index < -0.39 is 0 Å². The summed E-state index contributed by atoms with van der Waals surface area (Å²) in [4.78, 5) is 7.16. The summed E-state index contributed by atoms with van der Waals surface area (Å²) in [5.41, 5.74) is 8.63. The molecule has 0 radical (unpaired) electrons. The molecule has 62 valence electrons. The van der Waals surface area contributed by atoms with E-state index in [-0.39, 0.29) is 0 Å². The van der Waals surface area contributed by atoms with E-state index in [4.69, 9.17) is 5.73 Å². The summed E-state index contributed by atoms with van der Waals surface area (Å²) in [5, 5.41) is 0.800. The van der Waals surface area contributed by atoms with Crippen molar-refractivity contribution >= 4 is 32.9 Å². The molecule has 0 aliphatic rings. The number of rotatable bonds is 1. The quantitative estimate of drug-likeness (QED) is 0.731. The number of hydrogen-bond donors (Lipinski definition) is 2. The van der Waals surface area contributed by atoms with Crippen LogP contribution in [0.2, 0.25) is 0 Å². The minimum absolute atomic E-state index is 0.471. The molecule has 2 aromatic rings. The minimum Gasteiger partial charge on any atom is -0.369 e. The van der Waals surface area contributed by atoms with Crippen molar-refractivity contribution in [2.45, 2.75) is 5.33 Å². The third kappa shape index (κ3) is 1.08. The fraction of sp³-hybridized carbons (Fsp3) is 0.125. The summed E-state index contributed by atoms with van der Waals surface area (Å²) in [5.74, 6) is 0.471. The van der Waals surface area contributed by atoms with Gasteiger partial charge in [0.2, 0.25) is 0 Å². The van der Waals surface area contributed by atoms with Crippen LogP contribution in [0.4, 0.5) is 5.95 Å². The average Bonchev–Trinajstić information content (AvgIpc) is 2.44. The largest absolute Gasteiger partial charge is 0.369 e. The van der Waals surface area contributed by atoms with Crippen LogP contribution in [0.15, 0.2) is 18.2 Å². The fourth-order valence-corrected chi connectivity index (χ4v) is 1.67. The van der Waals surface area contributed by atoms with Gasteiger partial charge >= 0.3 is 0 Å². The lowest BCUT2D eigenvalue weighted by atomic mass is 10.2. The van der Waals surface area contributed by atoms with Crippen LogP contribution in [-0.2, 0) is 5.33 Å². The molecule has 1 aromatic heterocycles. The smallest absolute Gasteiger partial charge is 0.198 e. The zero-order valence-electron chi connectivity index (χ0n) is 6.34. The van der Waals surface area contributed by atoms with Gasteiger partial charge in [-0.25, -0.2) is 4.98 Å². The summed E-state index contributed by atoms with van der Waals surface area (Å²) in [6.45, 7) is 0. The average molecular weight is 226 g/mol. The zero-order chi connectivity index (χ0) is 8.55. The first-order chi connectivity index (χ1) is 5.81. The maximum Gasteiger partial charge on any atom is 0.198 e. The number of aromatic nitrogens is 2. The number of alkyl halides is 1. The number of hydrogen-bond acceptors (Lipinski definition) is 2. The number of nitrogens with one attached hydrogen (secondary N) is 1. The Balaban J connectivity index is 2.78. The molecule has 3 N–H and O–H groups in total. The maximum atomic E-state index is 5.53. The van der Waals surface area contributed by atoms with E-state index in [1.54, 1.807) is 0 Å². The van der Waals surface area contributed by atoms with Crippen LogP contribution in [0, 0.1) is 0 Å². The summed E-state index contributed by atoms with van der Waals surface area (Å²) in [6, 6.07) is 5.97. The Labute approximate surface area is 78.1 Å². The van der Waals surface area contributed by atoms with Gasteiger partial charge in [-0.3, -0.25) is 0 Å². The van der Waals surface area contributed by atoms with Crippen molar-refractivity contribution in [3.05, 3.63) is 23.8 Å². The van der Waals surface area contributed by atoms with Crippen molar-refractivity contribution < 1.29 is 0 Å². The van der Waals surface area contributed by atoms with Gasteiger partial charge in [0.1, 0.15) is 0 Å². The molecule has 0 unspecified atom stereocenters. The Morgan fingerprint density at radius 2 is 2.33 bits per heavy atom. The zero-order valence-corrected chi connectivity index (χ0v) is 7.93. The first-order valence-electron chi connectivity index (χ1n) is 3.60. The Morgan fingerprint density at radius 1 is 1.50 bits per heavy atom. The topological polar surface area (TPSA) is 54.7 Å². The summed E-state index contributed by atoms with van der Waals surface area (Å²) < 4.78 is 0. The SMILES string of the molecule is Nc1nc2c(CBr)cccc2[nH]1. The van der Waals surface area contributed by atoms with Crippen LogP contribution >= 0.6 is 15.9 Å². The van der Waals surface area contributed by atoms with Crippen molar-refractivity contribution in [3.8, 4) is 0 Å². The lowest BCUT2D eigenvalue weighted by Crippen LogP contribution is -1.84. The van der Waals surface area contributed by atoms with E-state index in [9.17, 15) is 0 Å². The van der Waals surface area contributed by atoms with Crippen LogP contribution in [0.25, 0.3) is 11.0 Å². The van der Waals surface area contributed by atoms with E-state index >= 15 is 0 Å². The van der Waals surface area contributed by atoms with Gasteiger partial charge in [0.15, 0.2) is 5.95 Å². The summed E-state index contributed by atoms with van der Waals surface area (Å²) in [6.07, 6.45) is 0. The second-order valence-corrected chi connectivity index (χ2v) is 3.13. The second kappa shape index (κ2) is 2.79. The molecule has 0 aliphatic heterocycles. The molecule has 12 heavy (non-hydrogen) atoms. The van der Waals surface area contributed by atoms with Gasteiger partial charge in [0.05, 0.1) is 11.0 Å². The van der Waals surface area contributed by atoms with Gasteiger partial charge in [-0.05, 0) is 11.6 Å². The Bertz CT molecular complexity index is 408. The molecule has 2 rings (SSSR count). The van der Waals surface area contributed by atoms with E-state index in [2.05, 4.69) is 25.9 Å². The van der Waals surface area contributed by atoms with E-state index in [1.807, 2.05) is 18.2 Å². The van der Waals surface area contributed by atoms with E-state index in [0.717, 1.165) is 21.9 Å². The number of nitrogens with zero attached hydrogens (tertiary/aromatic N) is 1. The number of halogens is 1. The number of fused-ring (bicyclic) bond motifs is 1. The van der Waals surface area contributed by atoms with E-state index in [1.165, 1.54) is 0 Å². The molecule has 0 atom stereocenters. The standard InChI is InChI=1S/C8H8BrN3/c9-4-5-2-1-3-6-7(5)12-8(10)11-6/h1-3H,4H2,(H3,10,11,12). The minimum atomic E-state index is 0.471. The van der Waals surface area contributed by atoms with Crippen molar-refractivity contribution in [1.82, 2.24) is 9.97 Å². The third-order valence-corrected chi connectivity index (χ3v) is 2.36. The first-order valence-corrected chi connectivity index (χ1v) is 4.72. The monoisotopic (exact) mass is 225 g/mol. The van der Waals surface area contributed by atoms with Crippen molar-refractivity contribution in [3.63, 3.8) is 0 Å². The Kier molecular flexibility index (Phi) is 1.77. The fourth-order valence-electron chi connectivity index (χ4n) is 1.22. The Morgan fingerprint density at radius 3 is 3.08 bits per heavy atom. The number of nitrogen functional groups attached to an aromatic ring is 1. The third-order valence-electron chi connectivity index (χ3n) is 1.76. The molecular formula is C8H8BrN3. The molecule has 4 heteroatoms. The number of H-pyrrole nitrogens is 1. The van der Waals surface area contributed by atoms with Gasteiger partial charge in [0, 0.05) is 5.33 Å². The highest BCUT2D eigenvalue weighted by molar-refractivity contribution is 9.08. The highest BCUT2D eigenvalue weighted by atomic mass is 79.9. The number of nitrogens with two attached hydrogens (primary N) is 1. The molecule has 0 fully saturated rings. The molecule has 3 nitrogen and oxygen atoms in total. The number of benzene rings is 1. The Hall–Kier alpha value is -1.03. The molecule has 0 saturated heterocycles.